The van der Waals surface area contributed by atoms with Crippen LogP contribution in [0.25, 0.3) is 0 Å². The third-order valence-electron chi connectivity index (χ3n) is 3.42. The zero-order valence-electron chi connectivity index (χ0n) is 14.6. The van der Waals surface area contributed by atoms with Gasteiger partial charge in [0.05, 0.1) is 12.3 Å². The van der Waals surface area contributed by atoms with Crippen molar-refractivity contribution in [1.82, 2.24) is 10.7 Å². The van der Waals surface area contributed by atoms with Gasteiger partial charge in [-0.25, -0.2) is 5.43 Å². The quantitative estimate of drug-likeness (QED) is 0.578. The number of benzene rings is 2. The van der Waals surface area contributed by atoms with Crippen LogP contribution in [-0.4, -0.2) is 30.7 Å². The van der Waals surface area contributed by atoms with Gasteiger partial charge in [-0.05, 0) is 49.2 Å². The molecule has 2 rings (SSSR count). The molecule has 0 aliphatic rings. The highest BCUT2D eigenvalue weighted by Crippen LogP contribution is 2.12. The topological polar surface area (TPSA) is 79.8 Å². The van der Waals surface area contributed by atoms with Crippen molar-refractivity contribution < 1.29 is 14.3 Å². The Morgan fingerprint density at radius 1 is 1.12 bits per heavy atom. The first-order valence-electron chi connectivity index (χ1n) is 7.99. The van der Waals surface area contributed by atoms with E-state index in [1.165, 1.54) is 0 Å². The van der Waals surface area contributed by atoms with Crippen LogP contribution < -0.4 is 15.5 Å². The Morgan fingerprint density at radius 3 is 2.54 bits per heavy atom. The summed E-state index contributed by atoms with van der Waals surface area (Å²) >= 11 is 5.83. The SMILES string of the molecule is C/C(=N\NC(=O)CNC(=O)COc1cccc(C)c1)c1ccc(Cl)cc1. The van der Waals surface area contributed by atoms with Crippen LogP contribution in [0.15, 0.2) is 53.6 Å². The molecule has 6 nitrogen and oxygen atoms in total. The van der Waals surface area contributed by atoms with Crippen molar-refractivity contribution in [2.75, 3.05) is 13.2 Å². The maximum atomic E-state index is 11.8. The van der Waals surface area contributed by atoms with Crippen LogP contribution in [-0.2, 0) is 9.59 Å². The van der Waals surface area contributed by atoms with E-state index in [2.05, 4.69) is 15.8 Å². The molecule has 0 fully saturated rings. The number of hydrazone groups is 1. The van der Waals surface area contributed by atoms with Crippen molar-refractivity contribution in [3.63, 3.8) is 0 Å². The van der Waals surface area contributed by atoms with Gasteiger partial charge in [0.2, 0.25) is 0 Å². The minimum Gasteiger partial charge on any atom is -0.484 e. The van der Waals surface area contributed by atoms with Crippen molar-refractivity contribution in [2.24, 2.45) is 5.10 Å². The molecule has 0 aliphatic heterocycles. The Balaban J connectivity index is 1.73. The highest BCUT2D eigenvalue weighted by atomic mass is 35.5. The second-order valence-corrected chi connectivity index (χ2v) is 6.06. The molecule has 2 aromatic rings. The Morgan fingerprint density at radius 2 is 1.85 bits per heavy atom. The number of nitrogens with zero attached hydrogens (tertiary/aromatic N) is 1. The van der Waals surface area contributed by atoms with E-state index in [9.17, 15) is 9.59 Å². The van der Waals surface area contributed by atoms with Crippen molar-refractivity contribution in [3.8, 4) is 5.75 Å². The first-order chi connectivity index (χ1) is 12.4. The van der Waals surface area contributed by atoms with Gasteiger partial charge < -0.3 is 10.1 Å². The van der Waals surface area contributed by atoms with Crippen molar-refractivity contribution in [1.29, 1.82) is 0 Å². The lowest BCUT2D eigenvalue weighted by Crippen LogP contribution is -2.37. The van der Waals surface area contributed by atoms with E-state index in [0.29, 0.717) is 16.5 Å². The molecule has 0 aromatic heterocycles. The average molecular weight is 374 g/mol. The Labute approximate surface area is 157 Å². The second kappa shape index (κ2) is 9.58. The lowest BCUT2D eigenvalue weighted by atomic mass is 10.1. The maximum Gasteiger partial charge on any atom is 0.259 e. The predicted molar refractivity (Wildman–Crippen MR) is 101 cm³/mol. The predicted octanol–water partition coefficient (Wildman–Crippen LogP) is 2.68. The number of carbonyl (C=O) groups excluding carboxylic acids is 2. The fourth-order valence-corrected chi connectivity index (χ4v) is 2.15. The standard InChI is InChI=1S/C19H20ClN3O3/c1-13-4-3-5-17(10-13)26-12-19(25)21-11-18(24)23-22-14(2)15-6-8-16(20)9-7-15/h3-10H,11-12H2,1-2H3,(H,21,25)(H,23,24)/b22-14+. The van der Waals surface area contributed by atoms with Crippen LogP contribution >= 0.6 is 11.6 Å². The van der Waals surface area contributed by atoms with E-state index in [1.54, 1.807) is 37.3 Å². The summed E-state index contributed by atoms with van der Waals surface area (Å²) in [4.78, 5) is 23.5. The minimum absolute atomic E-state index is 0.163. The number of hydrogen-bond donors (Lipinski definition) is 2. The van der Waals surface area contributed by atoms with Gasteiger partial charge in [-0.1, -0.05) is 35.9 Å². The van der Waals surface area contributed by atoms with E-state index < -0.39 is 5.91 Å². The lowest BCUT2D eigenvalue weighted by Gasteiger charge is -2.08. The monoisotopic (exact) mass is 373 g/mol. The maximum absolute atomic E-state index is 11.8. The molecular weight excluding hydrogens is 354 g/mol. The summed E-state index contributed by atoms with van der Waals surface area (Å²) < 4.78 is 5.36. The molecule has 26 heavy (non-hydrogen) atoms. The zero-order chi connectivity index (χ0) is 18.9. The van der Waals surface area contributed by atoms with Gasteiger partial charge in [-0.2, -0.15) is 5.10 Å². The Bertz CT molecular complexity index is 804. The van der Waals surface area contributed by atoms with Crippen LogP contribution in [0.5, 0.6) is 5.75 Å². The van der Waals surface area contributed by atoms with Crippen molar-refractivity contribution >= 4 is 29.1 Å². The highest BCUT2D eigenvalue weighted by Gasteiger charge is 2.06. The summed E-state index contributed by atoms with van der Waals surface area (Å²) in [6.45, 7) is 3.35. The fraction of sp³-hybridized carbons (Fsp3) is 0.211. The molecule has 0 bridgehead atoms. The number of hydrogen-bond acceptors (Lipinski definition) is 4. The minimum atomic E-state index is -0.429. The van der Waals surface area contributed by atoms with Gasteiger partial charge >= 0.3 is 0 Å². The number of aryl methyl sites for hydroxylation is 1. The third kappa shape index (κ3) is 6.57. The molecule has 0 saturated heterocycles. The summed E-state index contributed by atoms with van der Waals surface area (Å²) in [5.74, 6) is -0.213. The van der Waals surface area contributed by atoms with Crippen LogP contribution in [0, 0.1) is 6.92 Å². The number of ether oxygens (including phenoxy) is 1. The number of amides is 2. The molecule has 0 spiro atoms. The molecule has 0 heterocycles. The van der Waals surface area contributed by atoms with Gasteiger partial charge in [0.1, 0.15) is 5.75 Å². The summed E-state index contributed by atoms with van der Waals surface area (Å²) in [6, 6.07) is 14.5. The number of carbonyl (C=O) groups is 2. The third-order valence-corrected chi connectivity index (χ3v) is 3.67. The van der Waals surface area contributed by atoms with Gasteiger partial charge in [-0.3, -0.25) is 9.59 Å². The zero-order valence-corrected chi connectivity index (χ0v) is 15.3. The van der Waals surface area contributed by atoms with Crippen molar-refractivity contribution in [3.05, 3.63) is 64.7 Å². The molecule has 0 atom stereocenters. The normalized spacial score (nSPS) is 11.0. The first kappa shape index (κ1) is 19.5. The molecule has 2 N–H and O–H groups in total. The summed E-state index contributed by atoms with van der Waals surface area (Å²) in [5.41, 5.74) is 4.90. The van der Waals surface area contributed by atoms with E-state index in [4.69, 9.17) is 16.3 Å². The molecule has 136 valence electrons. The van der Waals surface area contributed by atoms with Gasteiger partial charge in [-0.15, -0.1) is 0 Å². The molecule has 0 saturated carbocycles. The second-order valence-electron chi connectivity index (χ2n) is 5.62. The fourth-order valence-electron chi connectivity index (χ4n) is 2.03. The first-order valence-corrected chi connectivity index (χ1v) is 8.37. The van der Waals surface area contributed by atoms with Crippen LogP contribution in [0.3, 0.4) is 0 Å². The molecule has 0 aliphatic carbocycles. The van der Waals surface area contributed by atoms with Gasteiger partial charge in [0.25, 0.3) is 11.8 Å². The molecule has 0 radical (unpaired) electrons. The van der Waals surface area contributed by atoms with E-state index in [0.717, 1.165) is 11.1 Å². The van der Waals surface area contributed by atoms with Gasteiger partial charge in [0.15, 0.2) is 6.61 Å². The number of nitrogens with one attached hydrogen (secondary N) is 2. The Hall–Kier alpha value is -2.86. The Kier molecular flexibility index (Phi) is 7.17. The summed E-state index contributed by atoms with van der Waals surface area (Å²) in [6.07, 6.45) is 0. The summed E-state index contributed by atoms with van der Waals surface area (Å²) in [5, 5.41) is 7.10. The van der Waals surface area contributed by atoms with E-state index >= 15 is 0 Å². The highest BCUT2D eigenvalue weighted by molar-refractivity contribution is 6.30. The number of halogens is 1. The van der Waals surface area contributed by atoms with E-state index in [1.807, 2.05) is 25.1 Å². The van der Waals surface area contributed by atoms with Crippen LogP contribution in [0.1, 0.15) is 18.1 Å². The van der Waals surface area contributed by atoms with Gasteiger partial charge in [0, 0.05) is 5.02 Å². The molecule has 7 heteroatoms. The molecule has 2 amide bonds. The average Bonchev–Trinajstić information content (AvgIpc) is 2.63. The van der Waals surface area contributed by atoms with E-state index in [-0.39, 0.29) is 19.1 Å². The summed E-state index contributed by atoms with van der Waals surface area (Å²) in [7, 11) is 0. The largest absolute Gasteiger partial charge is 0.484 e. The smallest absolute Gasteiger partial charge is 0.259 e. The number of rotatable bonds is 7. The molecule has 2 aromatic carbocycles. The molecule has 0 unspecified atom stereocenters. The van der Waals surface area contributed by atoms with Crippen LogP contribution in [0.4, 0.5) is 0 Å². The lowest BCUT2D eigenvalue weighted by molar-refractivity contribution is -0.127. The van der Waals surface area contributed by atoms with Crippen LogP contribution in [0.2, 0.25) is 5.02 Å². The van der Waals surface area contributed by atoms with Crippen molar-refractivity contribution in [2.45, 2.75) is 13.8 Å². The molecular formula is C19H20ClN3O3.